The second-order valence-electron chi connectivity index (χ2n) is 12.8. The van der Waals surface area contributed by atoms with Crippen LogP contribution in [0.2, 0.25) is 0 Å². The van der Waals surface area contributed by atoms with Crippen molar-refractivity contribution in [3.63, 3.8) is 0 Å². The number of carbonyl (C=O) groups excluding carboxylic acids is 1. The summed E-state index contributed by atoms with van der Waals surface area (Å²) in [6.45, 7) is 7.07. The minimum absolute atomic E-state index is 0.0925. The summed E-state index contributed by atoms with van der Waals surface area (Å²) in [6.07, 6.45) is 11.3. The van der Waals surface area contributed by atoms with Gasteiger partial charge in [0, 0.05) is 37.2 Å². The monoisotopic (exact) mass is 603 g/mol. The summed E-state index contributed by atoms with van der Waals surface area (Å²) in [6, 6.07) is 10.6. The highest BCUT2D eigenvalue weighted by molar-refractivity contribution is 7.15. The minimum Gasteiger partial charge on any atom is -0.496 e. The first-order chi connectivity index (χ1) is 20.7. The molecule has 5 rings (SSSR count). The first kappa shape index (κ1) is 31.2. The Kier molecular flexibility index (Phi) is 10.2. The van der Waals surface area contributed by atoms with E-state index in [1.807, 2.05) is 23.4 Å². The summed E-state index contributed by atoms with van der Waals surface area (Å²) in [4.78, 5) is 37.8. The third-order valence-corrected chi connectivity index (χ3v) is 10.8. The molecule has 230 valence electrons. The van der Waals surface area contributed by atoms with E-state index >= 15 is 0 Å². The van der Waals surface area contributed by atoms with Crippen molar-refractivity contribution in [2.75, 3.05) is 18.6 Å². The van der Waals surface area contributed by atoms with E-state index in [1.165, 1.54) is 11.1 Å². The number of pyridine rings is 1. The molecule has 0 atom stereocenters. The van der Waals surface area contributed by atoms with Crippen LogP contribution in [0.5, 0.6) is 5.75 Å². The van der Waals surface area contributed by atoms with E-state index in [9.17, 15) is 14.7 Å². The minimum atomic E-state index is -0.749. The molecule has 0 saturated heterocycles. The fraction of sp³-hybridized carbons (Fsp3) is 0.543. The van der Waals surface area contributed by atoms with Gasteiger partial charge in [0.25, 0.3) is 0 Å². The van der Waals surface area contributed by atoms with Gasteiger partial charge in [-0.3, -0.25) is 14.5 Å². The van der Waals surface area contributed by atoms with Crippen LogP contribution in [-0.4, -0.2) is 40.6 Å². The van der Waals surface area contributed by atoms with Crippen molar-refractivity contribution >= 4 is 29.0 Å². The molecular weight excluding hydrogens is 558 g/mol. The van der Waals surface area contributed by atoms with Crippen LogP contribution in [0.15, 0.2) is 42.7 Å². The van der Waals surface area contributed by atoms with Crippen molar-refractivity contribution in [1.82, 2.24) is 9.97 Å². The molecule has 2 fully saturated rings. The number of thiazole rings is 1. The van der Waals surface area contributed by atoms with Crippen LogP contribution in [0, 0.1) is 24.7 Å². The van der Waals surface area contributed by atoms with Gasteiger partial charge in [-0.1, -0.05) is 26.0 Å². The predicted molar refractivity (Wildman–Crippen MR) is 172 cm³/mol. The number of rotatable bonds is 10. The van der Waals surface area contributed by atoms with Crippen LogP contribution in [-0.2, 0) is 9.59 Å². The molecular formula is C35H45N3O4S. The van der Waals surface area contributed by atoms with E-state index in [0.29, 0.717) is 30.1 Å². The van der Waals surface area contributed by atoms with E-state index in [0.717, 1.165) is 72.6 Å². The Balaban J connectivity index is 1.33. The summed E-state index contributed by atoms with van der Waals surface area (Å²) >= 11 is 1.69. The molecule has 2 aliphatic rings. The fourth-order valence-corrected chi connectivity index (χ4v) is 7.79. The number of carbonyl (C=O) groups is 2. The second-order valence-corrected chi connectivity index (χ2v) is 13.9. The van der Waals surface area contributed by atoms with Crippen molar-refractivity contribution in [3.8, 4) is 16.2 Å². The molecule has 0 unspecified atom stereocenters. The molecule has 1 N–H and O–H groups in total. The van der Waals surface area contributed by atoms with E-state index in [1.54, 1.807) is 18.4 Å². The Morgan fingerprint density at radius 3 is 2.35 bits per heavy atom. The van der Waals surface area contributed by atoms with Gasteiger partial charge in [-0.05, 0) is 111 Å². The maximum atomic E-state index is 14.2. The molecule has 1 aromatic carbocycles. The summed E-state index contributed by atoms with van der Waals surface area (Å²) < 4.78 is 5.46. The normalized spacial score (nSPS) is 22.3. The number of aliphatic carboxylic acids is 1. The van der Waals surface area contributed by atoms with E-state index in [-0.39, 0.29) is 24.2 Å². The van der Waals surface area contributed by atoms with Gasteiger partial charge >= 0.3 is 5.97 Å². The molecule has 0 spiro atoms. The molecule has 0 radical (unpaired) electrons. The Bertz CT molecular complexity index is 1400. The van der Waals surface area contributed by atoms with Crippen molar-refractivity contribution < 1.29 is 19.4 Å². The maximum Gasteiger partial charge on any atom is 0.303 e. The van der Waals surface area contributed by atoms with Gasteiger partial charge in [0.2, 0.25) is 5.91 Å². The molecule has 2 aromatic heterocycles. The van der Waals surface area contributed by atoms with Gasteiger partial charge in [-0.2, -0.15) is 0 Å². The Morgan fingerprint density at radius 2 is 1.72 bits per heavy atom. The van der Waals surface area contributed by atoms with Crippen molar-refractivity contribution in [1.29, 1.82) is 0 Å². The molecule has 3 aromatic rings. The smallest absolute Gasteiger partial charge is 0.303 e. The van der Waals surface area contributed by atoms with Crippen LogP contribution in [0.4, 0.5) is 5.82 Å². The van der Waals surface area contributed by atoms with Gasteiger partial charge in [-0.15, -0.1) is 11.3 Å². The number of carboxylic acids is 1. The lowest BCUT2D eigenvalue weighted by Crippen LogP contribution is -2.42. The molecule has 8 heteroatoms. The number of amides is 1. The topological polar surface area (TPSA) is 92.6 Å². The number of ether oxygens (including phenoxy) is 1. The van der Waals surface area contributed by atoms with Gasteiger partial charge in [0.1, 0.15) is 11.6 Å². The molecule has 2 heterocycles. The van der Waals surface area contributed by atoms with Crippen molar-refractivity contribution in [2.45, 2.75) is 90.4 Å². The van der Waals surface area contributed by atoms with Gasteiger partial charge < -0.3 is 9.84 Å². The number of aromatic nitrogens is 2. The quantitative estimate of drug-likeness (QED) is 0.251. The first-order valence-electron chi connectivity index (χ1n) is 15.8. The number of carboxylic acid groups (broad SMARTS) is 1. The number of anilines is 1. The summed E-state index contributed by atoms with van der Waals surface area (Å²) in [7, 11) is 1.72. The number of hydrogen-bond donors (Lipinski definition) is 1. The molecule has 1 amide bonds. The molecule has 2 aliphatic carbocycles. The third kappa shape index (κ3) is 7.64. The summed E-state index contributed by atoms with van der Waals surface area (Å²) in [5, 5.41) is 10.3. The van der Waals surface area contributed by atoms with Crippen LogP contribution in [0.25, 0.3) is 10.4 Å². The van der Waals surface area contributed by atoms with Crippen LogP contribution in [0.3, 0.4) is 0 Å². The lowest BCUT2D eigenvalue weighted by atomic mass is 9.77. The lowest BCUT2D eigenvalue weighted by molar-refractivity contribution is -0.138. The van der Waals surface area contributed by atoms with E-state index < -0.39 is 5.97 Å². The van der Waals surface area contributed by atoms with E-state index in [2.05, 4.69) is 50.0 Å². The average Bonchev–Trinajstić information content (AvgIpc) is 3.51. The maximum absolute atomic E-state index is 14.2. The van der Waals surface area contributed by atoms with Crippen LogP contribution >= 0.6 is 11.3 Å². The van der Waals surface area contributed by atoms with Gasteiger partial charge in [0.05, 0.1) is 17.0 Å². The highest BCUT2D eigenvalue weighted by Gasteiger charge is 2.34. The Hall–Kier alpha value is -3.26. The average molecular weight is 604 g/mol. The van der Waals surface area contributed by atoms with Gasteiger partial charge in [-0.25, -0.2) is 9.97 Å². The second kappa shape index (κ2) is 14.0. The number of aryl methyl sites for hydroxylation is 1. The lowest BCUT2D eigenvalue weighted by Gasteiger charge is -2.35. The zero-order valence-corrected chi connectivity index (χ0v) is 26.7. The summed E-state index contributed by atoms with van der Waals surface area (Å²) in [5.41, 5.74) is 3.59. The highest BCUT2D eigenvalue weighted by atomic mass is 32.1. The van der Waals surface area contributed by atoms with Crippen molar-refractivity contribution in [2.24, 2.45) is 17.8 Å². The fourth-order valence-electron chi connectivity index (χ4n) is 6.88. The first-order valence-corrected chi connectivity index (χ1v) is 16.6. The van der Waals surface area contributed by atoms with E-state index in [4.69, 9.17) is 9.72 Å². The van der Waals surface area contributed by atoms with Crippen LogP contribution in [0.1, 0.15) is 99.6 Å². The number of hydrogen-bond acceptors (Lipinski definition) is 6. The highest BCUT2D eigenvalue weighted by Crippen LogP contribution is 2.39. The third-order valence-electron chi connectivity index (χ3n) is 9.43. The van der Waals surface area contributed by atoms with Crippen molar-refractivity contribution in [3.05, 3.63) is 58.9 Å². The van der Waals surface area contributed by atoms with Gasteiger partial charge in [0.15, 0.2) is 0 Å². The zero-order chi connectivity index (χ0) is 30.5. The molecule has 7 nitrogen and oxygen atoms in total. The molecule has 0 aliphatic heterocycles. The SMILES string of the molecule is COc1ccc(C2CCC(CN(C(=O)C3CCC(CC(=O)O)CC3)c3cc(-c4cnc(C(C)C)s4)ccn3)CC2)cc1C. The number of methoxy groups -OCH3 is 1. The molecule has 43 heavy (non-hydrogen) atoms. The largest absolute Gasteiger partial charge is 0.496 e. The Labute approximate surface area is 259 Å². The standard InChI is InChI=1S/C35H45N3O4S/c1-22(2)34-37-20-31(43-34)29-15-16-36-32(19-29)38(35(41)27-11-5-24(6-12-27)18-33(39)40)21-25-7-9-26(10-8-25)28-13-14-30(42-4)23(3)17-28/h13-17,19-20,22,24-27H,5-12,18,21H2,1-4H3,(H,39,40). The van der Waals surface area contributed by atoms with Crippen LogP contribution < -0.4 is 9.64 Å². The zero-order valence-electron chi connectivity index (χ0n) is 25.9. The Morgan fingerprint density at radius 1 is 1.00 bits per heavy atom. The molecule has 2 saturated carbocycles. The molecule has 0 bridgehead atoms. The number of nitrogens with zero attached hydrogens (tertiary/aromatic N) is 3. The predicted octanol–water partition coefficient (Wildman–Crippen LogP) is 8.23. The summed E-state index contributed by atoms with van der Waals surface area (Å²) in [5.74, 6) is 2.40. The number of benzene rings is 1.